The molecule has 6 nitrogen and oxygen atoms in total. The van der Waals surface area contributed by atoms with Crippen molar-refractivity contribution in [3.05, 3.63) is 23.9 Å². The van der Waals surface area contributed by atoms with Crippen LogP contribution in [0.1, 0.15) is 46.1 Å². The Bertz CT molecular complexity index is 564. The summed E-state index contributed by atoms with van der Waals surface area (Å²) in [5.74, 6) is 0.980. The number of aromatic nitrogens is 1. The van der Waals surface area contributed by atoms with Crippen LogP contribution in [0.2, 0.25) is 0 Å². The number of nitrogens with one attached hydrogen (secondary N) is 1. The van der Waals surface area contributed by atoms with Crippen molar-refractivity contribution < 1.29 is 9.53 Å². The first-order valence-electron chi connectivity index (χ1n) is 8.62. The summed E-state index contributed by atoms with van der Waals surface area (Å²) in [7, 11) is 0. The third kappa shape index (κ3) is 4.60. The first kappa shape index (κ1) is 18.5. The third-order valence-corrected chi connectivity index (χ3v) is 4.31. The number of nitrogens with zero attached hydrogens (tertiary/aromatic N) is 2. The monoisotopic (exact) mass is 334 g/mol. The average Bonchev–Trinajstić information content (AvgIpc) is 3.05. The highest BCUT2D eigenvalue weighted by Crippen LogP contribution is 2.31. The fraction of sp³-hybridized carbons (Fsp3) is 0.667. The summed E-state index contributed by atoms with van der Waals surface area (Å²) in [6.07, 6.45) is 3.76. The van der Waals surface area contributed by atoms with Crippen molar-refractivity contribution in [3.63, 3.8) is 0 Å². The minimum absolute atomic E-state index is 0.400. The molecule has 0 aromatic carbocycles. The highest BCUT2D eigenvalue weighted by molar-refractivity contribution is 5.68. The van der Waals surface area contributed by atoms with Crippen molar-refractivity contribution in [1.29, 1.82) is 0 Å². The Morgan fingerprint density at radius 3 is 2.58 bits per heavy atom. The number of hydrogen-bond acceptors (Lipinski definition) is 5. The van der Waals surface area contributed by atoms with Crippen molar-refractivity contribution in [2.45, 2.75) is 51.6 Å². The van der Waals surface area contributed by atoms with E-state index in [1.165, 1.54) is 12.8 Å². The second kappa shape index (κ2) is 7.38. The largest absolute Gasteiger partial charge is 0.444 e. The third-order valence-electron chi connectivity index (χ3n) is 4.31. The normalized spacial score (nSPS) is 17.5. The quantitative estimate of drug-likeness (QED) is 0.864. The Balaban J connectivity index is 2.16. The van der Waals surface area contributed by atoms with Gasteiger partial charge >= 0.3 is 6.09 Å². The second-order valence-electron chi connectivity index (χ2n) is 7.69. The van der Waals surface area contributed by atoms with E-state index in [4.69, 9.17) is 10.5 Å². The average molecular weight is 334 g/mol. The van der Waals surface area contributed by atoms with Crippen molar-refractivity contribution in [2.75, 3.05) is 31.1 Å². The standard InChI is InChI=1S/C18H30N4O2/c1-17(2,3)24-16(23)21-13-18(4,12-19)14-8-7-9-20-15(14)22-10-5-6-11-22/h7-9H,5-6,10-13,19H2,1-4H3,(H,21,23). The van der Waals surface area contributed by atoms with E-state index >= 15 is 0 Å². The van der Waals surface area contributed by atoms with E-state index < -0.39 is 17.1 Å². The lowest BCUT2D eigenvalue weighted by atomic mass is 9.82. The number of nitrogens with two attached hydrogens (primary N) is 1. The lowest BCUT2D eigenvalue weighted by molar-refractivity contribution is 0.0516. The molecule has 0 bridgehead atoms. The van der Waals surface area contributed by atoms with E-state index in [2.05, 4.69) is 28.2 Å². The van der Waals surface area contributed by atoms with Gasteiger partial charge in [0.2, 0.25) is 0 Å². The maximum Gasteiger partial charge on any atom is 0.407 e. The van der Waals surface area contributed by atoms with Gasteiger partial charge in [-0.05, 0) is 39.7 Å². The molecule has 1 aliphatic rings. The van der Waals surface area contributed by atoms with Gasteiger partial charge in [0.1, 0.15) is 11.4 Å². The SMILES string of the molecule is CC(C)(C)OC(=O)NCC(C)(CN)c1cccnc1N1CCCC1. The molecule has 1 amide bonds. The summed E-state index contributed by atoms with van der Waals surface area (Å²) in [6, 6.07) is 3.99. The van der Waals surface area contributed by atoms with Crippen molar-refractivity contribution >= 4 is 11.9 Å². The molecule has 0 aliphatic carbocycles. The Morgan fingerprint density at radius 1 is 1.33 bits per heavy atom. The summed E-state index contributed by atoms with van der Waals surface area (Å²) in [5, 5.41) is 2.86. The van der Waals surface area contributed by atoms with E-state index in [9.17, 15) is 4.79 Å². The molecule has 1 aliphatic heterocycles. The predicted octanol–water partition coefficient (Wildman–Crippen LogP) is 2.42. The van der Waals surface area contributed by atoms with E-state index in [1.54, 1.807) is 0 Å². The van der Waals surface area contributed by atoms with Crippen LogP contribution < -0.4 is 16.0 Å². The zero-order valence-electron chi connectivity index (χ0n) is 15.3. The molecule has 0 spiro atoms. The molecule has 1 aromatic heterocycles. The topological polar surface area (TPSA) is 80.5 Å². The van der Waals surface area contributed by atoms with Gasteiger partial charge in [-0.25, -0.2) is 9.78 Å². The van der Waals surface area contributed by atoms with Crippen LogP contribution in [0.3, 0.4) is 0 Å². The summed E-state index contributed by atoms with van der Waals surface area (Å²) in [5.41, 5.74) is 6.24. The van der Waals surface area contributed by atoms with Gasteiger partial charge < -0.3 is 20.7 Å². The molecule has 1 aromatic rings. The van der Waals surface area contributed by atoms with Crippen LogP contribution in [0.15, 0.2) is 18.3 Å². The molecule has 1 unspecified atom stereocenters. The van der Waals surface area contributed by atoms with Gasteiger partial charge in [-0.1, -0.05) is 13.0 Å². The zero-order valence-corrected chi connectivity index (χ0v) is 15.3. The van der Waals surface area contributed by atoms with Gasteiger partial charge in [0.25, 0.3) is 0 Å². The maximum absolute atomic E-state index is 12.0. The van der Waals surface area contributed by atoms with Crippen LogP contribution in [0.5, 0.6) is 0 Å². The molecule has 1 atom stereocenters. The van der Waals surface area contributed by atoms with Crippen LogP contribution in [-0.4, -0.2) is 42.9 Å². The van der Waals surface area contributed by atoms with Gasteiger partial charge in [-0.2, -0.15) is 0 Å². The lowest BCUT2D eigenvalue weighted by Gasteiger charge is -2.33. The summed E-state index contributed by atoms with van der Waals surface area (Å²) < 4.78 is 5.33. The molecule has 134 valence electrons. The molecule has 0 radical (unpaired) electrons. The number of carbonyl (C=O) groups is 1. The number of rotatable bonds is 5. The molecule has 2 heterocycles. The minimum atomic E-state index is -0.516. The summed E-state index contributed by atoms with van der Waals surface area (Å²) >= 11 is 0. The molecule has 0 saturated carbocycles. The van der Waals surface area contributed by atoms with Crippen LogP contribution in [0.25, 0.3) is 0 Å². The number of anilines is 1. The van der Waals surface area contributed by atoms with Crippen LogP contribution in [0, 0.1) is 0 Å². The summed E-state index contributed by atoms with van der Waals surface area (Å²) in [4.78, 5) is 18.9. The Hall–Kier alpha value is -1.82. The van der Waals surface area contributed by atoms with Crippen LogP contribution in [0.4, 0.5) is 10.6 Å². The number of hydrogen-bond donors (Lipinski definition) is 2. The van der Waals surface area contributed by atoms with E-state index in [0.29, 0.717) is 13.1 Å². The second-order valence-corrected chi connectivity index (χ2v) is 7.69. The highest BCUT2D eigenvalue weighted by atomic mass is 16.6. The highest BCUT2D eigenvalue weighted by Gasteiger charge is 2.32. The molecular weight excluding hydrogens is 304 g/mol. The molecule has 2 rings (SSSR count). The number of pyridine rings is 1. The number of carbonyl (C=O) groups excluding carboxylic acids is 1. The number of amides is 1. The van der Waals surface area contributed by atoms with E-state index in [0.717, 1.165) is 24.5 Å². The Morgan fingerprint density at radius 2 is 2.00 bits per heavy atom. The van der Waals surface area contributed by atoms with Crippen molar-refractivity contribution in [3.8, 4) is 0 Å². The predicted molar refractivity (Wildman–Crippen MR) is 96.3 cm³/mol. The minimum Gasteiger partial charge on any atom is -0.444 e. The smallest absolute Gasteiger partial charge is 0.407 e. The van der Waals surface area contributed by atoms with Gasteiger partial charge in [0.15, 0.2) is 0 Å². The zero-order chi connectivity index (χ0) is 17.8. The summed E-state index contributed by atoms with van der Waals surface area (Å²) in [6.45, 7) is 10.5. The number of alkyl carbamates (subject to hydrolysis) is 1. The van der Waals surface area contributed by atoms with Gasteiger partial charge in [-0.15, -0.1) is 0 Å². The van der Waals surface area contributed by atoms with Crippen LogP contribution >= 0.6 is 0 Å². The first-order chi connectivity index (χ1) is 11.2. The van der Waals surface area contributed by atoms with Crippen LogP contribution in [-0.2, 0) is 10.2 Å². The fourth-order valence-corrected chi connectivity index (χ4v) is 2.91. The Kier molecular flexibility index (Phi) is 5.70. The Labute approximate surface area is 144 Å². The van der Waals surface area contributed by atoms with Gasteiger partial charge in [-0.3, -0.25) is 0 Å². The number of ether oxygens (including phenoxy) is 1. The van der Waals surface area contributed by atoms with Gasteiger partial charge in [0.05, 0.1) is 0 Å². The first-order valence-corrected chi connectivity index (χ1v) is 8.62. The maximum atomic E-state index is 12.0. The molecule has 24 heavy (non-hydrogen) atoms. The molecule has 6 heteroatoms. The fourth-order valence-electron chi connectivity index (χ4n) is 2.91. The molecule has 1 fully saturated rings. The molecular formula is C18H30N4O2. The van der Waals surface area contributed by atoms with Crippen molar-refractivity contribution in [2.24, 2.45) is 5.73 Å². The van der Waals surface area contributed by atoms with E-state index in [-0.39, 0.29) is 0 Å². The lowest BCUT2D eigenvalue weighted by Crippen LogP contribution is -2.46. The molecule has 1 saturated heterocycles. The van der Waals surface area contributed by atoms with E-state index in [1.807, 2.05) is 33.0 Å². The molecule has 3 N–H and O–H groups in total. The van der Waals surface area contributed by atoms with Crippen molar-refractivity contribution in [1.82, 2.24) is 10.3 Å². The van der Waals surface area contributed by atoms with Gasteiger partial charge in [0, 0.05) is 43.4 Å².